The van der Waals surface area contributed by atoms with Crippen LogP contribution in [0, 0.1) is 6.92 Å². The monoisotopic (exact) mass is 389 g/mol. The molecule has 144 valence electrons. The van der Waals surface area contributed by atoms with Crippen LogP contribution in [0.3, 0.4) is 0 Å². The highest BCUT2D eigenvalue weighted by atomic mass is 32.2. The Bertz CT molecular complexity index is 902. The van der Waals surface area contributed by atoms with Gasteiger partial charge in [0.25, 0.3) is 5.91 Å². The van der Waals surface area contributed by atoms with E-state index in [1.807, 2.05) is 13.8 Å². The number of aliphatic carboxylic acids is 1. The van der Waals surface area contributed by atoms with Gasteiger partial charge < -0.3 is 10.0 Å². The molecule has 27 heavy (non-hydrogen) atoms. The quantitative estimate of drug-likeness (QED) is 0.749. The molecule has 1 amide bonds. The molecular formula is C20H23NO5S. The van der Waals surface area contributed by atoms with Gasteiger partial charge in [-0.1, -0.05) is 36.8 Å². The van der Waals surface area contributed by atoms with Gasteiger partial charge in [0.2, 0.25) is 0 Å². The van der Waals surface area contributed by atoms with Crippen LogP contribution in [0.2, 0.25) is 0 Å². The van der Waals surface area contributed by atoms with Gasteiger partial charge in [-0.3, -0.25) is 9.59 Å². The zero-order chi connectivity index (χ0) is 20.0. The predicted octanol–water partition coefficient (Wildman–Crippen LogP) is 2.91. The highest BCUT2D eigenvalue weighted by Crippen LogP contribution is 2.18. The maximum atomic E-state index is 12.5. The average molecular weight is 389 g/mol. The molecule has 0 radical (unpaired) electrons. The highest BCUT2D eigenvalue weighted by molar-refractivity contribution is 7.90. The number of rotatable bonds is 8. The Hall–Kier alpha value is -2.67. The lowest BCUT2D eigenvalue weighted by atomic mass is 10.1. The lowest BCUT2D eigenvalue weighted by Gasteiger charge is -2.20. The molecule has 0 aromatic heterocycles. The van der Waals surface area contributed by atoms with Crippen molar-refractivity contribution in [2.24, 2.45) is 0 Å². The minimum absolute atomic E-state index is 0.168. The molecule has 6 nitrogen and oxygen atoms in total. The van der Waals surface area contributed by atoms with Crippen molar-refractivity contribution in [3.05, 3.63) is 65.2 Å². The van der Waals surface area contributed by atoms with Gasteiger partial charge in [-0.05, 0) is 43.2 Å². The first kappa shape index (κ1) is 20.6. The van der Waals surface area contributed by atoms with Crippen LogP contribution in [-0.4, -0.2) is 43.4 Å². The molecule has 0 spiro atoms. The number of carbonyl (C=O) groups excluding carboxylic acids is 1. The average Bonchev–Trinajstić information content (AvgIpc) is 2.61. The normalized spacial score (nSPS) is 11.2. The van der Waals surface area contributed by atoms with Crippen molar-refractivity contribution in [3.8, 4) is 0 Å². The molecule has 7 heteroatoms. The van der Waals surface area contributed by atoms with Crippen molar-refractivity contribution in [1.29, 1.82) is 0 Å². The van der Waals surface area contributed by atoms with Gasteiger partial charge in [0.05, 0.1) is 10.6 Å². The lowest BCUT2D eigenvalue weighted by Crippen LogP contribution is -2.36. The Morgan fingerprint density at radius 2 is 1.59 bits per heavy atom. The van der Waals surface area contributed by atoms with E-state index in [1.54, 1.807) is 36.4 Å². The van der Waals surface area contributed by atoms with E-state index >= 15 is 0 Å². The highest BCUT2D eigenvalue weighted by Gasteiger charge is 2.19. The first-order valence-electron chi connectivity index (χ1n) is 8.62. The van der Waals surface area contributed by atoms with E-state index in [4.69, 9.17) is 5.11 Å². The number of sulfone groups is 1. The van der Waals surface area contributed by atoms with Crippen molar-refractivity contribution in [1.82, 2.24) is 4.90 Å². The minimum Gasteiger partial charge on any atom is -0.480 e. The molecule has 0 aliphatic carbocycles. The van der Waals surface area contributed by atoms with Gasteiger partial charge in [-0.2, -0.15) is 0 Å². The Morgan fingerprint density at radius 3 is 2.11 bits per heavy atom. The predicted molar refractivity (Wildman–Crippen MR) is 102 cm³/mol. The summed E-state index contributed by atoms with van der Waals surface area (Å²) in [4.78, 5) is 24.9. The molecule has 2 aromatic rings. The van der Waals surface area contributed by atoms with Gasteiger partial charge >= 0.3 is 5.97 Å². The van der Waals surface area contributed by atoms with E-state index in [2.05, 4.69) is 0 Å². The first-order chi connectivity index (χ1) is 12.7. The van der Waals surface area contributed by atoms with Gasteiger partial charge in [0, 0.05) is 12.1 Å². The van der Waals surface area contributed by atoms with Gasteiger partial charge in [-0.25, -0.2) is 8.42 Å². The number of nitrogens with zero attached hydrogens (tertiary/aromatic N) is 1. The summed E-state index contributed by atoms with van der Waals surface area (Å²) in [6.45, 7) is 3.73. The van der Waals surface area contributed by atoms with E-state index in [0.29, 0.717) is 24.1 Å². The summed E-state index contributed by atoms with van der Waals surface area (Å²) in [5.74, 6) is -1.62. The van der Waals surface area contributed by atoms with Gasteiger partial charge in [-0.15, -0.1) is 0 Å². The van der Waals surface area contributed by atoms with E-state index < -0.39 is 15.8 Å². The largest absolute Gasteiger partial charge is 0.480 e. The summed E-state index contributed by atoms with van der Waals surface area (Å²) in [6, 6.07) is 12.9. The van der Waals surface area contributed by atoms with Crippen molar-refractivity contribution in [2.45, 2.75) is 30.9 Å². The third-order valence-electron chi connectivity index (χ3n) is 4.04. The van der Waals surface area contributed by atoms with E-state index in [-0.39, 0.29) is 23.1 Å². The Morgan fingerprint density at radius 1 is 1.00 bits per heavy atom. The summed E-state index contributed by atoms with van der Waals surface area (Å²) < 4.78 is 25.0. The Kier molecular flexibility index (Phi) is 6.74. The number of benzene rings is 2. The van der Waals surface area contributed by atoms with Crippen LogP contribution in [0.15, 0.2) is 53.4 Å². The molecule has 0 aliphatic rings. The van der Waals surface area contributed by atoms with Crippen LogP contribution in [0.4, 0.5) is 0 Å². The van der Waals surface area contributed by atoms with Gasteiger partial charge in [0.1, 0.15) is 6.54 Å². The first-order valence-corrected chi connectivity index (χ1v) is 10.3. The third kappa shape index (κ3) is 5.65. The SMILES string of the molecule is CCCN(CC(=O)O)C(=O)c1ccc(CS(=O)(=O)c2ccc(C)cc2)cc1. The summed E-state index contributed by atoms with van der Waals surface area (Å²) in [5, 5.41) is 8.94. The molecule has 0 heterocycles. The van der Waals surface area contributed by atoms with Crippen LogP contribution >= 0.6 is 0 Å². The second kappa shape index (κ2) is 8.81. The summed E-state index contributed by atoms with van der Waals surface area (Å²) >= 11 is 0. The standard InChI is InChI=1S/C20H23NO5S/c1-3-12-21(13-19(22)23)20(24)17-8-6-16(7-9-17)14-27(25,26)18-10-4-15(2)5-11-18/h4-11H,3,12-14H2,1-2H3,(H,22,23). The van der Waals surface area contributed by atoms with E-state index in [0.717, 1.165) is 5.56 Å². The zero-order valence-corrected chi connectivity index (χ0v) is 16.2. The molecule has 0 unspecified atom stereocenters. The molecule has 0 atom stereocenters. The van der Waals surface area contributed by atoms with Crippen molar-refractivity contribution >= 4 is 21.7 Å². The van der Waals surface area contributed by atoms with Crippen molar-refractivity contribution < 1.29 is 23.1 Å². The van der Waals surface area contributed by atoms with Crippen LogP contribution in [-0.2, 0) is 20.4 Å². The number of hydrogen-bond acceptors (Lipinski definition) is 4. The second-order valence-electron chi connectivity index (χ2n) is 6.39. The maximum absolute atomic E-state index is 12.5. The molecular weight excluding hydrogens is 366 g/mol. The molecule has 1 N–H and O–H groups in total. The molecule has 2 rings (SSSR count). The molecule has 0 fully saturated rings. The van der Waals surface area contributed by atoms with Crippen LogP contribution < -0.4 is 0 Å². The molecule has 0 saturated carbocycles. The number of amides is 1. The fourth-order valence-electron chi connectivity index (χ4n) is 2.66. The summed E-state index contributed by atoms with van der Waals surface area (Å²) in [5.41, 5.74) is 1.88. The lowest BCUT2D eigenvalue weighted by molar-refractivity contribution is -0.137. The molecule has 2 aromatic carbocycles. The summed E-state index contributed by atoms with van der Waals surface area (Å²) in [6.07, 6.45) is 0.645. The van der Waals surface area contributed by atoms with Crippen molar-refractivity contribution in [2.75, 3.05) is 13.1 Å². The van der Waals surface area contributed by atoms with Crippen LogP contribution in [0.25, 0.3) is 0 Å². The van der Waals surface area contributed by atoms with Crippen molar-refractivity contribution in [3.63, 3.8) is 0 Å². The van der Waals surface area contributed by atoms with E-state index in [9.17, 15) is 18.0 Å². The zero-order valence-electron chi connectivity index (χ0n) is 15.4. The number of aryl methyl sites for hydroxylation is 1. The topological polar surface area (TPSA) is 91.8 Å². The van der Waals surface area contributed by atoms with Crippen LogP contribution in [0.1, 0.15) is 34.8 Å². The fourth-order valence-corrected chi connectivity index (χ4v) is 4.01. The second-order valence-corrected chi connectivity index (χ2v) is 8.38. The van der Waals surface area contributed by atoms with Gasteiger partial charge in [0.15, 0.2) is 9.84 Å². The Labute approximate surface area is 159 Å². The third-order valence-corrected chi connectivity index (χ3v) is 5.75. The number of carboxylic acid groups (broad SMARTS) is 1. The smallest absolute Gasteiger partial charge is 0.323 e. The number of hydrogen-bond donors (Lipinski definition) is 1. The minimum atomic E-state index is -3.48. The number of carboxylic acids is 1. The fraction of sp³-hybridized carbons (Fsp3) is 0.300. The molecule has 0 aliphatic heterocycles. The van der Waals surface area contributed by atoms with Crippen LogP contribution in [0.5, 0.6) is 0 Å². The summed E-state index contributed by atoms with van der Waals surface area (Å²) in [7, 11) is -3.48. The number of carbonyl (C=O) groups is 2. The molecule has 0 bridgehead atoms. The maximum Gasteiger partial charge on any atom is 0.323 e. The Balaban J connectivity index is 2.15. The molecule has 0 saturated heterocycles. The van der Waals surface area contributed by atoms with E-state index in [1.165, 1.54) is 17.0 Å².